The van der Waals surface area contributed by atoms with E-state index >= 15 is 0 Å². The molecule has 1 N–H and O–H groups in total. The third-order valence-corrected chi connectivity index (χ3v) is 7.90. The number of anilines is 1. The van der Waals surface area contributed by atoms with Crippen molar-refractivity contribution in [3.8, 4) is 5.75 Å². The van der Waals surface area contributed by atoms with Gasteiger partial charge >= 0.3 is 6.09 Å². The van der Waals surface area contributed by atoms with Gasteiger partial charge in [-0.3, -0.25) is 19.6 Å². The molecular weight excluding hydrogens is 514 g/mol. The lowest BCUT2D eigenvalue weighted by atomic mass is 10.1. The predicted octanol–water partition coefficient (Wildman–Crippen LogP) is 5.38. The SMILES string of the molecule is Cc1ccc(CCCN2CCN(C(=O)Oc3ccc(NC(=O)c4ccc(CN5CCCCC5)cc4)cc3)CC2)nc1. The maximum atomic E-state index is 12.7. The predicted molar refractivity (Wildman–Crippen MR) is 161 cm³/mol. The zero-order chi connectivity index (χ0) is 28.4. The smallest absolute Gasteiger partial charge is 0.410 e. The van der Waals surface area contributed by atoms with Crippen molar-refractivity contribution in [3.63, 3.8) is 0 Å². The van der Waals surface area contributed by atoms with Crippen molar-refractivity contribution in [1.29, 1.82) is 0 Å². The first kappa shape index (κ1) is 28.8. The highest BCUT2D eigenvalue weighted by Gasteiger charge is 2.22. The average Bonchev–Trinajstić information content (AvgIpc) is 3.00. The number of amides is 2. The Balaban J connectivity index is 1.02. The number of pyridine rings is 1. The summed E-state index contributed by atoms with van der Waals surface area (Å²) in [4.78, 5) is 36.5. The van der Waals surface area contributed by atoms with Gasteiger partial charge in [0.2, 0.25) is 0 Å². The number of likely N-dealkylation sites (tertiary alicyclic amines) is 1. The summed E-state index contributed by atoms with van der Waals surface area (Å²) in [6.45, 7) is 9.24. The number of carbonyl (C=O) groups is 2. The second-order valence-electron chi connectivity index (χ2n) is 11.1. The van der Waals surface area contributed by atoms with E-state index < -0.39 is 0 Å². The van der Waals surface area contributed by atoms with Crippen LogP contribution in [0.2, 0.25) is 0 Å². The molecule has 8 nitrogen and oxygen atoms in total. The van der Waals surface area contributed by atoms with Gasteiger partial charge in [-0.15, -0.1) is 0 Å². The number of rotatable bonds is 9. The molecule has 216 valence electrons. The summed E-state index contributed by atoms with van der Waals surface area (Å²) in [6, 6.07) is 19.0. The lowest BCUT2D eigenvalue weighted by molar-refractivity contribution is 0.102. The average molecular weight is 556 g/mol. The summed E-state index contributed by atoms with van der Waals surface area (Å²) in [6.07, 6.45) is 7.45. The second-order valence-corrected chi connectivity index (χ2v) is 11.1. The van der Waals surface area contributed by atoms with E-state index in [4.69, 9.17) is 4.74 Å². The molecule has 1 aromatic heterocycles. The highest BCUT2D eigenvalue weighted by molar-refractivity contribution is 6.04. The standard InChI is InChI=1S/C33H41N5O3/c1-26-7-12-29(34-24-26)6-5-19-36-20-22-38(23-21-36)33(40)41-31-15-13-30(14-16-31)35-32(39)28-10-8-27(9-11-28)25-37-17-3-2-4-18-37/h7-16,24H,2-6,17-23,25H2,1H3,(H,35,39). The fraction of sp³-hybridized carbons (Fsp3) is 0.424. The Morgan fingerprint density at radius 1 is 0.829 bits per heavy atom. The van der Waals surface area contributed by atoms with E-state index in [0.717, 1.165) is 57.8 Å². The summed E-state index contributed by atoms with van der Waals surface area (Å²) < 4.78 is 5.60. The molecule has 8 heteroatoms. The molecule has 41 heavy (non-hydrogen) atoms. The number of piperazine rings is 1. The Hall–Kier alpha value is -3.75. The Morgan fingerprint density at radius 3 is 2.24 bits per heavy atom. The van der Waals surface area contributed by atoms with E-state index in [1.807, 2.05) is 37.4 Å². The number of nitrogens with zero attached hydrogens (tertiary/aromatic N) is 4. The van der Waals surface area contributed by atoms with E-state index in [0.29, 0.717) is 30.1 Å². The summed E-state index contributed by atoms with van der Waals surface area (Å²) in [5, 5.41) is 2.93. The number of nitrogens with one attached hydrogen (secondary N) is 1. The van der Waals surface area contributed by atoms with Gasteiger partial charge in [0.25, 0.3) is 5.91 Å². The number of benzene rings is 2. The van der Waals surface area contributed by atoms with Crippen molar-refractivity contribution >= 4 is 17.7 Å². The van der Waals surface area contributed by atoms with Gasteiger partial charge in [-0.2, -0.15) is 0 Å². The van der Waals surface area contributed by atoms with Crippen molar-refractivity contribution in [3.05, 3.63) is 89.2 Å². The highest BCUT2D eigenvalue weighted by Crippen LogP contribution is 2.19. The van der Waals surface area contributed by atoms with Gasteiger partial charge in [0, 0.05) is 55.9 Å². The van der Waals surface area contributed by atoms with E-state index in [1.54, 1.807) is 29.2 Å². The van der Waals surface area contributed by atoms with Crippen LogP contribution in [0.4, 0.5) is 10.5 Å². The largest absolute Gasteiger partial charge is 0.415 e. The zero-order valence-electron chi connectivity index (χ0n) is 24.1. The first-order valence-corrected chi connectivity index (χ1v) is 14.9. The van der Waals surface area contributed by atoms with Crippen LogP contribution in [-0.4, -0.2) is 77.5 Å². The summed E-state index contributed by atoms with van der Waals surface area (Å²) in [5.74, 6) is 0.301. The normalized spacial score (nSPS) is 16.4. The summed E-state index contributed by atoms with van der Waals surface area (Å²) in [5.41, 5.74) is 4.81. The molecule has 2 amide bonds. The van der Waals surface area contributed by atoms with Crippen molar-refractivity contribution in [2.75, 3.05) is 51.1 Å². The van der Waals surface area contributed by atoms with Gasteiger partial charge < -0.3 is 15.0 Å². The minimum atomic E-state index is -0.338. The Kier molecular flexibility index (Phi) is 9.99. The number of ether oxygens (including phenoxy) is 1. The Labute approximate surface area is 243 Å². The maximum absolute atomic E-state index is 12.7. The third kappa shape index (κ3) is 8.62. The second kappa shape index (κ2) is 14.2. The molecule has 0 spiro atoms. The monoisotopic (exact) mass is 555 g/mol. The van der Waals surface area contributed by atoms with Crippen LogP contribution < -0.4 is 10.1 Å². The van der Waals surface area contributed by atoms with Crippen molar-refractivity contribution in [1.82, 2.24) is 19.7 Å². The van der Waals surface area contributed by atoms with Gasteiger partial charge in [-0.25, -0.2) is 4.79 Å². The van der Waals surface area contributed by atoms with Crippen molar-refractivity contribution in [2.24, 2.45) is 0 Å². The molecule has 3 heterocycles. The first-order chi connectivity index (χ1) is 20.0. The topological polar surface area (TPSA) is 78.0 Å². The van der Waals surface area contributed by atoms with Gasteiger partial charge in [0.05, 0.1) is 0 Å². The number of aryl methyl sites for hydroxylation is 2. The number of carbonyl (C=O) groups excluding carboxylic acids is 2. The Morgan fingerprint density at radius 2 is 1.56 bits per heavy atom. The minimum absolute atomic E-state index is 0.160. The van der Waals surface area contributed by atoms with E-state index in [-0.39, 0.29) is 12.0 Å². The molecule has 0 aliphatic carbocycles. The van der Waals surface area contributed by atoms with Crippen LogP contribution in [0, 0.1) is 6.92 Å². The molecule has 2 aromatic carbocycles. The lowest BCUT2D eigenvalue weighted by Crippen LogP contribution is -2.49. The molecule has 5 rings (SSSR count). The highest BCUT2D eigenvalue weighted by atomic mass is 16.6. The molecule has 0 bridgehead atoms. The van der Waals surface area contributed by atoms with Gasteiger partial charge in [-0.1, -0.05) is 24.6 Å². The van der Waals surface area contributed by atoms with E-state index in [1.165, 1.54) is 30.4 Å². The first-order valence-electron chi connectivity index (χ1n) is 14.9. The number of hydrogen-bond donors (Lipinski definition) is 1. The number of piperidine rings is 1. The molecule has 2 aliphatic rings. The lowest BCUT2D eigenvalue weighted by Gasteiger charge is -2.34. The maximum Gasteiger partial charge on any atom is 0.415 e. The summed E-state index contributed by atoms with van der Waals surface area (Å²) in [7, 11) is 0. The van der Waals surface area contributed by atoms with E-state index in [9.17, 15) is 9.59 Å². The van der Waals surface area contributed by atoms with Crippen LogP contribution in [0.15, 0.2) is 66.9 Å². The summed E-state index contributed by atoms with van der Waals surface area (Å²) >= 11 is 0. The van der Waals surface area contributed by atoms with Crippen molar-refractivity contribution < 1.29 is 14.3 Å². The molecule has 0 unspecified atom stereocenters. The number of aromatic nitrogens is 1. The molecule has 2 aliphatic heterocycles. The quantitative estimate of drug-likeness (QED) is 0.382. The third-order valence-electron chi connectivity index (χ3n) is 7.90. The van der Waals surface area contributed by atoms with Crippen molar-refractivity contribution in [2.45, 2.75) is 45.6 Å². The molecule has 0 radical (unpaired) electrons. The van der Waals surface area contributed by atoms with Crippen LogP contribution in [0.1, 0.15) is 52.9 Å². The molecule has 2 fully saturated rings. The van der Waals surface area contributed by atoms with Gasteiger partial charge in [-0.05, 0) is 106 Å². The van der Waals surface area contributed by atoms with Crippen LogP contribution >= 0.6 is 0 Å². The molecular formula is C33H41N5O3. The van der Waals surface area contributed by atoms with Gasteiger partial charge in [0.15, 0.2) is 0 Å². The van der Waals surface area contributed by atoms with Crippen LogP contribution in [0.5, 0.6) is 5.75 Å². The van der Waals surface area contributed by atoms with Crippen LogP contribution in [0.25, 0.3) is 0 Å². The fourth-order valence-electron chi connectivity index (χ4n) is 5.40. The fourth-order valence-corrected chi connectivity index (χ4v) is 5.40. The molecule has 2 saturated heterocycles. The zero-order valence-corrected chi connectivity index (χ0v) is 24.1. The van der Waals surface area contributed by atoms with Crippen LogP contribution in [0.3, 0.4) is 0 Å². The molecule has 3 aromatic rings. The molecule has 0 atom stereocenters. The minimum Gasteiger partial charge on any atom is -0.410 e. The van der Waals surface area contributed by atoms with Gasteiger partial charge in [0.1, 0.15) is 5.75 Å². The number of hydrogen-bond acceptors (Lipinski definition) is 6. The molecule has 0 saturated carbocycles. The Bertz CT molecular complexity index is 1260. The van der Waals surface area contributed by atoms with Crippen LogP contribution in [-0.2, 0) is 13.0 Å². The van der Waals surface area contributed by atoms with E-state index in [2.05, 4.69) is 32.2 Å².